The van der Waals surface area contributed by atoms with E-state index in [1.165, 1.54) is 12.4 Å². The maximum absolute atomic E-state index is 12.5. The van der Waals surface area contributed by atoms with Crippen molar-refractivity contribution in [3.05, 3.63) is 74.3 Å². The van der Waals surface area contributed by atoms with E-state index in [1.807, 2.05) is 0 Å². The normalized spacial score (nSPS) is 12.2. The van der Waals surface area contributed by atoms with Crippen molar-refractivity contribution < 1.29 is 9.63 Å². The average Bonchev–Trinajstić information content (AvgIpc) is 3.38. The van der Waals surface area contributed by atoms with E-state index in [-0.39, 0.29) is 23.9 Å². The van der Waals surface area contributed by atoms with Crippen molar-refractivity contribution >= 4 is 23.2 Å². The van der Waals surface area contributed by atoms with E-state index in [4.69, 9.17) is 27.7 Å². The highest BCUT2D eigenvalue weighted by molar-refractivity contribution is 6.33. The molecule has 3 heterocycles. The minimum atomic E-state index is -0.824. The van der Waals surface area contributed by atoms with Gasteiger partial charge in [0.25, 0.3) is 5.56 Å². The third-order valence-electron chi connectivity index (χ3n) is 4.10. The van der Waals surface area contributed by atoms with Crippen LogP contribution in [0, 0.1) is 0 Å². The van der Waals surface area contributed by atoms with Gasteiger partial charge in [-0.1, -0.05) is 40.5 Å². The van der Waals surface area contributed by atoms with E-state index < -0.39 is 11.7 Å². The van der Waals surface area contributed by atoms with Gasteiger partial charge in [0.15, 0.2) is 5.82 Å². The number of aromatic amines is 1. The summed E-state index contributed by atoms with van der Waals surface area (Å²) in [5.74, 6) is 0.448. The minimum Gasteiger partial charge on any atom is -0.388 e. The van der Waals surface area contributed by atoms with Crippen LogP contribution in [0.4, 0.5) is 0 Å². The second-order valence-corrected chi connectivity index (χ2v) is 6.88. The summed E-state index contributed by atoms with van der Waals surface area (Å²) < 4.78 is 6.25. The third kappa shape index (κ3) is 4.19. The van der Waals surface area contributed by atoms with Crippen molar-refractivity contribution in [3.8, 4) is 11.3 Å². The molecule has 2 N–H and O–H groups in total. The van der Waals surface area contributed by atoms with Gasteiger partial charge < -0.3 is 9.63 Å². The zero-order valence-corrected chi connectivity index (χ0v) is 16.2. The molecule has 0 saturated carbocycles. The zero-order chi connectivity index (χ0) is 20.4. The first-order valence-electron chi connectivity index (χ1n) is 8.38. The fourth-order valence-electron chi connectivity index (χ4n) is 2.63. The first-order chi connectivity index (χ1) is 14.0. The summed E-state index contributed by atoms with van der Waals surface area (Å²) in [6.07, 6.45) is 2.15. The molecular weight excluding hydrogens is 421 g/mol. The van der Waals surface area contributed by atoms with E-state index in [1.54, 1.807) is 24.3 Å². The van der Waals surface area contributed by atoms with Gasteiger partial charge in [-0.15, -0.1) is 0 Å². The predicted molar refractivity (Wildman–Crippen MR) is 102 cm³/mol. The lowest BCUT2D eigenvalue weighted by Crippen LogP contribution is -2.24. The van der Waals surface area contributed by atoms with Crippen LogP contribution in [0.1, 0.15) is 23.4 Å². The summed E-state index contributed by atoms with van der Waals surface area (Å²) in [6, 6.07) is 6.81. The summed E-state index contributed by atoms with van der Waals surface area (Å²) in [5.41, 5.74) is 0.906. The number of aliphatic hydroxyl groups excluding tert-OH is 1. The number of hydrogen-bond acceptors (Lipinski definition) is 8. The van der Waals surface area contributed by atoms with Gasteiger partial charge in [-0.05, 0) is 17.7 Å². The summed E-state index contributed by atoms with van der Waals surface area (Å²) in [4.78, 5) is 16.7. The molecule has 1 unspecified atom stereocenters. The number of nitrogens with zero attached hydrogens (tertiary/aromatic N) is 6. The Bertz CT molecular complexity index is 1170. The quantitative estimate of drug-likeness (QED) is 0.471. The Morgan fingerprint density at radius 1 is 1.21 bits per heavy atom. The van der Waals surface area contributed by atoms with Crippen molar-refractivity contribution in [1.82, 2.24) is 35.3 Å². The van der Waals surface area contributed by atoms with Crippen LogP contribution in [0.15, 0.2) is 46.0 Å². The summed E-state index contributed by atoms with van der Waals surface area (Å²) >= 11 is 12.0. The smallest absolute Gasteiger partial charge is 0.286 e. The molecule has 1 aromatic carbocycles. The molecule has 0 saturated heterocycles. The van der Waals surface area contributed by atoms with E-state index >= 15 is 0 Å². The number of nitrogens with one attached hydrogen (secondary N) is 1. The molecule has 148 valence electrons. The van der Waals surface area contributed by atoms with Crippen molar-refractivity contribution in [3.63, 3.8) is 0 Å². The summed E-state index contributed by atoms with van der Waals surface area (Å²) in [7, 11) is 0. The van der Waals surface area contributed by atoms with Gasteiger partial charge in [-0.25, -0.2) is 4.68 Å². The lowest BCUT2D eigenvalue weighted by atomic mass is 10.1. The molecule has 1 atom stereocenters. The molecule has 0 aliphatic heterocycles. The van der Waals surface area contributed by atoms with Crippen molar-refractivity contribution in [2.24, 2.45) is 0 Å². The standard InChI is InChI=1S/C17H13Cl2N7O3/c18-10-3-1-9(2-4-10)13(27)5-14-22-15(29-24-14)8-26-17(28)16(19)11(6-21-26)12-7-20-25-23-12/h1-4,6-7,13,27H,5,8H2,(H,20,23,25). The van der Waals surface area contributed by atoms with Gasteiger partial charge in [0, 0.05) is 17.0 Å². The number of H-pyrrole nitrogens is 1. The van der Waals surface area contributed by atoms with Crippen LogP contribution in [0.25, 0.3) is 11.3 Å². The molecule has 12 heteroatoms. The van der Waals surface area contributed by atoms with Crippen molar-refractivity contribution in [1.29, 1.82) is 0 Å². The first-order valence-corrected chi connectivity index (χ1v) is 9.13. The average molecular weight is 434 g/mol. The van der Waals surface area contributed by atoms with E-state index in [2.05, 4.69) is 30.7 Å². The molecule has 0 aliphatic carbocycles. The largest absolute Gasteiger partial charge is 0.388 e. The number of halogens is 2. The third-order valence-corrected chi connectivity index (χ3v) is 4.72. The Kier molecular flexibility index (Phi) is 5.38. The van der Waals surface area contributed by atoms with Gasteiger partial charge in [0.1, 0.15) is 17.3 Å². The van der Waals surface area contributed by atoms with Gasteiger partial charge in [0.05, 0.1) is 18.5 Å². The molecule has 0 amide bonds. The monoisotopic (exact) mass is 433 g/mol. The van der Waals surface area contributed by atoms with Crippen LogP contribution < -0.4 is 5.56 Å². The van der Waals surface area contributed by atoms with Gasteiger partial charge in [0.2, 0.25) is 5.89 Å². The topological polar surface area (TPSA) is 136 Å². The highest BCUT2D eigenvalue weighted by atomic mass is 35.5. The van der Waals surface area contributed by atoms with Crippen molar-refractivity contribution in [2.45, 2.75) is 19.1 Å². The lowest BCUT2D eigenvalue weighted by Gasteiger charge is -2.08. The maximum Gasteiger partial charge on any atom is 0.286 e. The number of rotatable bonds is 6. The number of hydrogen-bond donors (Lipinski definition) is 2. The van der Waals surface area contributed by atoms with Gasteiger partial charge in [-0.2, -0.15) is 25.5 Å². The van der Waals surface area contributed by atoms with Gasteiger partial charge in [-0.3, -0.25) is 4.79 Å². The predicted octanol–water partition coefficient (Wildman–Crippen LogP) is 2.04. The molecule has 29 heavy (non-hydrogen) atoms. The van der Waals surface area contributed by atoms with Crippen LogP contribution in [0.3, 0.4) is 0 Å². The molecule has 0 aliphatic rings. The highest BCUT2D eigenvalue weighted by Crippen LogP contribution is 2.21. The molecule has 3 aromatic heterocycles. The molecule has 0 fully saturated rings. The zero-order valence-electron chi connectivity index (χ0n) is 14.7. The molecule has 4 aromatic rings. The molecular formula is C17H13Cl2N7O3. The summed E-state index contributed by atoms with van der Waals surface area (Å²) in [6.45, 7) is -0.0678. The number of aliphatic hydroxyl groups is 1. The Labute approximate surface area is 173 Å². The molecule has 10 nitrogen and oxygen atoms in total. The second kappa shape index (κ2) is 8.11. The molecule has 4 rings (SSSR count). The van der Waals surface area contributed by atoms with E-state index in [0.717, 1.165) is 4.68 Å². The minimum absolute atomic E-state index is 0.0493. The highest BCUT2D eigenvalue weighted by Gasteiger charge is 2.17. The van der Waals surface area contributed by atoms with E-state index in [0.29, 0.717) is 27.7 Å². The summed E-state index contributed by atoms with van der Waals surface area (Å²) in [5, 5.41) is 28.7. The van der Waals surface area contributed by atoms with Crippen molar-refractivity contribution in [2.75, 3.05) is 0 Å². The van der Waals surface area contributed by atoms with E-state index in [9.17, 15) is 9.90 Å². The molecule has 0 spiro atoms. The van der Waals surface area contributed by atoms with Crippen LogP contribution in [-0.4, -0.2) is 40.4 Å². The molecule has 0 bridgehead atoms. The Balaban J connectivity index is 1.48. The van der Waals surface area contributed by atoms with Gasteiger partial charge >= 0.3 is 0 Å². The lowest BCUT2D eigenvalue weighted by molar-refractivity contribution is 0.174. The maximum atomic E-state index is 12.5. The SMILES string of the molecule is O=c1c(Cl)c(-c2cn[nH]n2)cnn1Cc1nc(CC(O)c2ccc(Cl)cc2)no1. The van der Waals surface area contributed by atoms with Crippen LogP contribution >= 0.6 is 23.2 Å². The van der Waals surface area contributed by atoms with Crippen LogP contribution in [0.2, 0.25) is 10.0 Å². The fraction of sp³-hybridized carbons (Fsp3) is 0.176. The molecule has 0 radical (unpaired) electrons. The van der Waals surface area contributed by atoms with Crippen LogP contribution in [0.5, 0.6) is 0 Å². The Morgan fingerprint density at radius 2 is 2.00 bits per heavy atom. The Morgan fingerprint density at radius 3 is 2.72 bits per heavy atom. The fourth-order valence-corrected chi connectivity index (χ4v) is 3.00. The second-order valence-electron chi connectivity index (χ2n) is 6.07. The number of benzene rings is 1. The van der Waals surface area contributed by atoms with Crippen LogP contribution in [-0.2, 0) is 13.0 Å². The number of aromatic nitrogens is 7. The Hall–Kier alpha value is -3.08. The first kappa shape index (κ1) is 19.2.